The van der Waals surface area contributed by atoms with Gasteiger partial charge in [0.2, 0.25) is 5.72 Å². The van der Waals surface area contributed by atoms with Crippen LogP contribution in [0, 0.1) is 41.4 Å². The van der Waals surface area contributed by atoms with Crippen molar-refractivity contribution in [2.24, 2.45) is 46.0 Å². The maximum Gasteiger partial charge on any atom is 0.268 e. The Hall–Kier alpha value is -5.98. The molecule has 5 aliphatic heterocycles. The van der Waals surface area contributed by atoms with E-state index in [1.54, 1.807) is 12.1 Å². The molecule has 404 valence electrons. The molecule has 13 unspecified atom stereocenters. The maximum atomic E-state index is 14.4. The molecule has 5 aromatic carbocycles. The van der Waals surface area contributed by atoms with Crippen molar-refractivity contribution in [1.82, 2.24) is 0 Å². The Labute approximate surface area is 453 Å². The van der Waals surface area contributed by atoms with E-state index in [0.717, 1.165) is 70.2 Å². The summed E-state index contributed by atoms with van der Waals surface area (Å²) in [5.74, 6) is 5.06. The van der Waals surface area contributed by atoms with Gasteiger partial charge in [0.25, 0.3) is 10.1 Å². The van der Waals surface area contributed by atoms with Crippen LogP contribution in [0.4, 0.5) is 0 Å². The molecular weight excluding hydrogens is 987 g/mol. The quantitative estimate of drug-likeness (QED) is 0.0230. The molecule has 1 saturated carbocycles. The van der Waals surface area contributed by atoms with E-state index in [1.165, 1.54) is 0 Å². The number of phenols is 1. The SMILES string of the molecule is CC1CCc2cc3ccc2C1CC(S(=O)(=O)O)C1C=C2CC(CC4CC(CO)CC#Cc5cc(O)ccc5C2O4)C1c1ccc(cc1)C(CC(Cc1ccccc1)C1(O)CCCC(c2ccc(CO)cc2)C1)(N=C(N)N)O3. The Bertz CT molecular complexity index is 3190. The molecule has 0 spiro atoms. The van der Waals surface area contributed by atoms with Crippen molar-refractivity contribution < 1.29 is 42.9 Å². The lowest BCUT2D eigenvalue weighted by molar-refractivity contribution is -0.0834. The van der Waals surface area contributed by atoms with Gasteiger partial charge in [0.05, 0.1) is 23.6 Å². The van der Waals surface area contributed by atoms with Crippen molar-refractivity contribution in [1.29, 1.82) is 0 Å². The van der Waals surface area contributed by atoms with Crippen LogP contribution in [0.5, 0.6) is 11.5 Å². The summed E-state index contributed by atoms with van der Waals surface area (Å²) in [4.78, 5) is 5.13. The van der Waals surface area contributed by atoms with Gasteiger partial charge in [-0.1, -0.05) is 116 Å². The van der Waals surface area contributed by atoms with E-state index in [2.05, 4.69) is 55.2 Å². The third kappa shape index (κ3) is 10.9. The largest absolute Gasteiger partial charge is 0.508 e. The molecule has 5 heterocycles. The summed E-state index contributed by atoms with van der Waals surface area (Å²) in [7, 11) is -4.70. The van der Waals surface area contributed by atoms with E-state index >= 15 is 0 Å². The number of fused-ring (bicyclic) bond motifs is 9. The number of rotatable bonds is 10. The Morgan fingerprint density at radius 1 is 0.883 bits per heavy atom. The van der Waals surface area contributed by atoms with Crippen molar-refractivity contribution in [3.8, 4) is 23.3 Å². The van der Waals surface area contributed by atoms with Crippen LogP contribution >= 0.6 is 0 Å². The fraction of sp³-hybridized carbons (Fsp3) is 0.453. The van der Waals surface area contributed by atoms with Crippen molar-refractivity contribution in [2.75, 3.05) is 6.61 Å². The fourth-order valence-electron chi connectivity index (χ4n) is 14.7. The molecule has 12 nitrogen and oxygen atoms in total. The zero-order chi connectivity index (χ0) is 53.6. The van der Waals surface area contributed by atoms with Gasteiger partial charge >= 0.3 is 0 Å². The Morgan fingerprint density at radius 2 is 1.65 bits per heavy atom. The first kappa shape index (κ1) is 53.0. The normalized spacial score (nSPS) is 31.0. The maximum absolute atomic E-state index is 14.4. The lowest BCUT2D eigenvalue weighted by atomic mass is 9.64. The summed E-state index contributed by atoms with van der Waals surface area (Å²) >= 11 is 0. The number of aryl methyl sites for hydroxylation is 1. The number of aromatic hydroxyl groups is 1. The molecule has 10 bridgehead atoms. The number of guanidine groups is 1. The standard InChI is InChI=1S/C64H73N3O9S/c1-39-12-15-46-31-53-23-25-55(46)57(39)34-59(77(72,73)74)58-33-49-29-48(32-54-28-42(38-69)9-5-10-45-30-52(70)22-24-56(45)61(49)75-54)60(58)44-18-20-50(21-19-44)64(76-53,67-62(65)66)36-51(27-40-7-3-2-4-8-40)63(71)26-6-11-47(35-63)43-16-13-41(37-68)14-17-43/h2-4,7-8,13-14,16-25,30-31,33,39,42,47-48,51,54,57-61,68-71H,6,9,11-12,15,26-29,32,34-38H2,1H3,(H4,65,66,67)(H,72,73,74). The van der Waals surface area contributed by atoms with Crippen LogP contribution in [0.2, 0.25) is 0 Å². The van der Waals surface area contributed by atoms with Gasteiger partial charge < -0.3 is 41.4 Å². The van der Waals surface area contributed by atoms with Gasteiger partial charge in [-0.3, -0.25) is 4.55 Å². The van der Waals surface area contributed by atoms with Crippen LogP contribution in [0.25, 0.3) is 0 Å². The second-order valence-corrected chi connectivity index (χ2v) is 25.1. The number of aliphatic hydroxyl groups excluding tert-OH is 2. The van der Waals surface area contributed by atoms with Crippen molar-refractivity contribution in [2.45, 2.75) is 144 Å². The molecule has 3 aliphatic carbocycles. The van der Waals surface area contributed by atoms with Gasteiger partial charge in [0.1, 0.15) is 17.6 Å². The molecule has 13 atom stereocenters. The van der Waals surface area contributed by atoms with Gasteiger partial charge in [0, 0.05) is 42.1 Å². The average Bonchev–Trinajstić information content (AvgIpc) is 3.62. The summed E-state index contributed by atoms with van der Waals surface area (Å²) in [5.41, 5.74) is 19.3. The van der Waals surface area contributed by atoms with Crippen LogP contribution in [0.3, 0.4) is 0 Å². The number of ether oxygens (including phenoxy) is 2. The van der Waals surface area contributed by atoms with E-state index in [-0.39, 0.29) is 73.5 Å². The van der Waals surface area contributed by atoms with Crippen LogP contribution in [-0.4, -0.2) is 62.9 Å². The molecule has 9 N–H and O–H groups in total. The molecule has 0 aromatic heterocycles. The minimum absolute atomic E-state index is 0.0443. The summed E-state index contributed by atoms with van der Waals surface area (Å²) in [6.45, 7) is 2.05. The molecule has 1 saturated heterocycles. The number of hydrogen-bond acceptors (Lipinski definition) is 9. The highest BCUT2D eigenvalue weighted by Gasteiger charge is 2.51. The summed E-state index contributed by atoms with van der Waals surface area (Å²) < 4.78 is 55.1. The van der Waals surface area contributed by atoms with E-state index < -0.39 is 50.6 Å². The first-order chi connectivity index (χ1) is 37.1. The van der Waals surface area contributed by atoms with Crippen LogP contribution in [-0.2, 0) is 40.0 Å². The van der Waals surface area contributed by atoms with Gasteiger partial charge in [-0.15, -0.1) is 0 Å². The average molecular weight is 1060 g/mol. The summed E-state index contributed by atoms with van der Waals surface area (Å²) in [6, 6.07) is 37.5. The highest BCUT2D eigenvalue weighted by atomic mass is 32.2. The lowest BCUT2D eigenvalue weighted by Gasteiger charge is -2.46. The third-order valence-corrected chi connectivity index (χ3v) is 19.8. The molecule has 5 aromatic rings. The molecule has 77 heavy (non-hydrogen) atoms. The number of aliphatic hydroxyl groups is 3. The van der Waals surface area contributed by atoms with E-state index in [4.69, 9.17) is 25.9 Å². The van der Waals surface area contributed by atoms with E-state index in [9.17, 15) is 33.4 Å². The number of nitrogens with zero attached hydrogens (tertiary/aromatic N) is 1. The topological polar surface area (TPSA) is 218 Å². The zero-order valence-corrected chi connectivity index (χ0v) is 44.7. The molecular formula is C64H73N3O9S. The Balaban J connectivity index is 1.08. The fourth-order valence-corrected chi connectivity index (χ4v) is 15.8. The first-order valence-electron chi connectivity index (χ1n) is 27.8. The van der Waals surface area contributed by atoms with E-state index in [1.807, 2.05) is 72.8 Å². The number of allylic oxidation sites excluding steroid dienone is 1. The summed E-state index contributed by atoms with van der Waals surface area (Å²) in [5, 5.41) is 43.4. The van der Waals surface area contributed by atoms with E-state index in [0.29, 0.717) is 61.8 Å². The molecule has 13 heteroatoms. The minimum atomic E-state index is -4.70. The number of phenolic OH excluding ortho intramolecular Hbond substituents is 1. The predicted molar refractivity (Wildman–Crippen MR) is 297 cm³/mol. The molecule has 2 fully saturated rings. The second kappa shape index (κ2) is 21.7. The first-order valence-corrected chi connectivity index (χ1v) is 29.3. The van der Waals surface area contributed by atoms with Crippen LogP contribution in [0.1, 0.15) is 151 Å². The van der Waals surface area contributed by atoms with Gasteiger partial charge in [-0.25, -0.2) is 4.99 Å². The number of benzene rings is 5. The second-order valence-electron chi connectivity index (χ2n) is 23.4. The lowest BCUT2D eigenvalue weighted by Crippen LogP contribution is -2.48. The molecule has 8 aliphatic rings. The Kier molecular flexibility index (Phi) is 14.9. The molecule has 0 radical (unpaired) electrons. The molecule has 0 amide bonds. The van der Waals surface area contributed by atoms with Gasteiger partial charge in [-0.2, -0.15) is 8.42 Å². The number of nitrogens with two attached hydrogens (primary N) is 2. The van der Waals surface area contributed by atoms with Gasteiger partial charge in [-0.05, 0) is 175 Å². The monoisotopic (exact) mass is 1060 g/mol. The highest BCUT2D eigenvalue weighted by Crippen LogP contribution is 2.56. The summed E-state index contributed by atoms with van der Waals surface area (Å²) in [6.07, 6.45) is 8.44. The predicted octanol–water partition coefficient (Wildman–Crippen LogP) is 9.98. The third-order valence-electron chi connectivity index (χ3n) is 18.6. The highest BCUT2D eigenvalue weighted by molar-refractivity contribution is 7.86. The van der Waals surface area contributed by atoms with Crippen LogP contribution in [0.15, 0.2) is 132 Å². The number of aliphatic imine (C=N–C) groups is 1. The van der Waals surface area contributed by atoms with Gasteiger partial charge in [0.15, 0.2) is 5.96 Å². The Morgan fingerprint density at radius 3 is 2.39 bits per heavy atom. The number of hydrogen-bond donors (Lipinski definition) is 7. The molecule has 13 rings (SSSR count). The van der Waals surface area contributed by atoms with Crippen molar-refractivity contribution in [3.63, 3.8) is 0 Å². The van der Waals surface area contributed by atoms with Crippen LogP contribution < -0.4 is 16.2 Å². The van der Waals surface area contributed by atoms with Crippen molar-refractivity contribution >= 4 is 16.1 Å². The smallest absolute Gasteiger partial charge is 0.268 e. The minimum Gasteiger partial charge on any atom is -0.508 e. The zero-order valence-electron chi connectivity index (χ0n) is 43.9. The van der Waals surface area contributed by atoms with Crippen molar-refractivity contribution in [3.05, 3.63) is 177 Å².